The lowest BCUT2D eigenvalue weighted by atomic mass is 10.1. The van der Waals surface area contributed by atoms with E-state index in [0.717, 1.165) is 45.4 Å². The standard InChI is InChI=1S/C19H32N4O3S.HI/c1-2-20-19(21-12-11-17-8-4-3-5-9-17)22-13-15-27(24,25)23-16-18-10-6-7-14-26-18;/h3-5,8-9,18,23H,2,6-7,10-16H2,1H3,(H2,20,21,22);1H. The van der Waals surface area contributed by atoms with Crippen molar-refractivity contribution in [3.8, 4) is 0 Å². The first kappa shape index (κ1) is 25.1. The van der Waals surface area contributed by atoms with Gasteiger partial charge in [0.05, 0.1) is 18.4 Å². The van der Waals surface area contributed by atoms with Gasteiger partial charge >= 0.3 is 0 Å². The van der Waals surface area contributed by atoms with Crippen LogP contribution in [0.5, 0.6) is 0 Å². The summed E-state index contributed by atoms with van der Waals surface area (Å²) in [5.41, 5.74) is 1.25. The second kappa shape index (κ2) is 14.1. The van der Waals surface area contributed by atoms with Gasteiger partial charge in [-0.15, -0.1) is 24.0 Å². The largest absolute Gasteiger partial charge is 0.377 e. The Hall–Kier alpha value is -0.910. The van der Waals surface area contributed by atoms with Gasteiger partial charge in [0.2, 0.25) is 10.0 Å². The van der Waals surface area contributed by atoms with E-state index in [1.165, 1.54) is 5.56 Å². The number of ether oxygens (including phenoxy) is 1. The molecule has 1 unspecified atom stereocenters. The van der Waals surface area contributed by atoms with Crippen molar-refractivity contribution < 1.29 is 13.2 Å². The molecular weight excluding hydrogens is 491 g/mol. The molecule has 0 spiro atoms. The fourth-order valence-corrected chi connectivity index (χ4v) is 3.77. The Morgan fingerprint density at radius 2 is 2.00 bits per heavy atom. The van der Waals surface area contributed by atoms with Gasteiger partial charge < -0.3 is 15.4 Å². The van der Waals surface area contributed by atoms with Crippen LogP contribution in [0.1, 0.15) is 31.7 Å². The number of rotatable bonds is 10. The molecule has 1 aromatic rings. The lowest BCUT2D eigenvalue weighted by molar-refractivity contribution is 0.0200. The molecule has 160 valence electrons. The molecule has 2 rings (SSSR count). The third-order valence-corrected chi connectivity index (χ3v) is 5.65. The molecule has 1 fully saturated rings. The second-order valence-electron chi connectivity index (χ2n) is 6.58. The minimum Gasteiger partial charge on any atom is -0.377 e. The molecule has 0 aromatic heterocycles. The molecule has 1 heterocycles. The van der Waals surface area contributed by atoms with Gasteiger partial charge in [-0.05, 0) is 38.2 Å². The average Bonchev–Trinajstić information content (AvgIpc) is 2.68. The van der Waals surface area contributed by atoms with E-state index in [1.807, 2.05) is 25.1 Å². The summed E-state index contributed by atoms with van der Waals surface area (Å²) in [6, 6.07) is 10.2. The van der Waals surface area contributed by atoms with Crippen LogP contribution in [-0.4, -0.2) is 59.0 Å². The van der Waals surface area contributed by atoms with E-state index in [2.05, 4.69) is 32.5 Å². The van der Waals surface area contributed by atoms with Gasteiger partial charge in [0.1, 0.15) is 0 Å². The van der Waals surface area contributed by atoms with Crippen LogP contribution in [0.2, 0.25) is 0 Å². The number of hydrogen-bond donors (Lipinski definition) is 3. The van der Waals surface area contributed by atoms with Gasteiger partial charge in [-0.3, -0.25) is 4.99 Å². The van der Waals surface area contributed by atoms with Crippen molar-refractivity contribution in [1.82, 2.24) is 15.4 Å². The van der Waals surface area contributed by atoms with Crippen molar-refractivity contribution in [2.24, 2.45) is 4.99 Å². The summed E-state index contributed by atoms with van der Waals surface area (Å²) >= 11 is 0. The van der Waals surface area contributed by atoms with Crippen LogP contribution < -0.4 is 15.4 Å². The number of benzene rings is 1. The lowest BCUT2D eigenvalue weighted by Gasteiger charge is -2.22. The van der Waals surface area contributed by atoms with E-state index in [9.17, 15) is 8.42 Å². The van der Waals surface area contributed by atoms with Crippen LogP contribution in [0, 0.1) is 0 Å². The number of halogens is 1. The molecule has 7 nitrogen and oxygen atoms in total. The van der Waals surface area contributed by atoms with Crippen molar-refractivity contribution in [3.05, 3.63) is 35.9 Å². The molecule has 28 heavy (non-hydrogen) atoms. The van der Waals surface area contributed by atoms with Gasteiger partial charge in [0, 0.05) is 26.2 Å². The van der Waals surface area contributed by atoms with Crippen LogP contribution >= 0.6 is 24.0 Å². The molecular formula is C19H33IN4O3S. The first-order valence-electron chi connectivity index (χ1n) is 9.74. The Bertz CT molecular complexity index is 665. The van der Waals surface area contributed by atoms with Crippen LogP contribution in [-0.2, 0) is 21.2 Å². The lowest BCUT2D eigenvalue weighted by Crippen LogP contribution is -2.39. The van der Waals surface area contributed by atoms with Crippen molar-refractivity contribution in [2.45, 2.75) is 38.7 Å². The minimum absolute atomic E-state index is 0. The van der Waals surface area contributed by atoms with E-state index >= 15 is 0 Å². The van der Waals surface area contributed by atoms with E-state index in [0.29, 0.717) is 12.5 Å². The van der Waals surface area contributed by atoms with Crippen LogP contribution in [0.3, 0.4) is 0 Å². The highest BCUT2D eigenvalue weighted by Crippen LogP contribution is 2.11. The van der Waals surface area contributed by atoms with Crippen molar-refractivity contribution in [2.75, 3.05) is 38.5 Å². The maximum absolute atomic E-state index is 12.1. The van der Waals surface area contributed by atoms with E-state index in [4.69, 9.17) is 4.74 Å². The van der Waals surface area contributed by atoms with Crippen LogP contribution in [0.15, 0.2) is 35.3 Å². The zero-order valence-electron chi connectivity index (χ0n) is 16.5. The molecule has 0 aliphatic carbocycles. The molecule has 1 aliphatic heterocycles. The predicted octanol–water partition coefficient (Wildman–Crippen LogP) is 1.89. The molecule has 1 aliphatic rings. The highest BCUT2D eigenvalue weighted by Gasteiger charge is 2.17. The molecule has 0 bridgehead atoms. The third-order valence-electron chi connectivity index (χ3n) is 4.33. The predicted molar refractivity (Wildman–Crippen MR) is 125 cm³/mol. The fourth-order valence-electron chi connectivity index (χ4n) is 2.85. The number of sulfonamides is 1. The third kappa shape index (κ3) is 10.6. The Morgan fingerprint density at radius 1 is 1.21 bits per heavy atom. The molecule has 0 radical (unpaired) electrons. The number of nitrogens with one attached hydrogen (secondary N) is 3. The summed E-state index contributed by atoms with van der Waals surface area (Å²) < 4.78 is 32.5. The molecule has 0 amide bonds. The van der Waals surface area contributed by atoms with E-state index < -0.39 is 10.0 Å². The smallest absolute Gasteiger partial charge is 0.213 e. The molecule has 9 heteroatoms. The Labute approximate surface area is 186 Å². The maximum Gasteiger partial charge on any atom is 0.213 e. The monoisotopic (exact) mass is 524 g/mol. The van der Waals surface area contributed by atoms with Crippen molar-refractivity contribution in [3.63, 3.8) is 0 Å². The van der Waals surface area contributed by atoms with Crippen LogP contribution in [0.4, 0.5) is 0 Å². The summed E-state index contributed by atoms with van der Waals surface area (Å²) in [4.78, 5) is 4.37. The zero-order chi connectivity index (χ0) is 19.4. The number of guanidine groups is 1. The van der Waals surface area contributed by atoms with Crippen LogP contribution in [0.25, 0.3) is 0 Å². The summed E-state index contributed by atoms with van der Waals surface area (Å²) in [6.07, 6.45) is 3.94. The second-order valence-corrected chi connectivity index (χ2v) is 8.51. The SMILES string of the molecule is CCNC(=NCCS(=O)(=O)NCC1CCCCO1)NCCc1ccccc1.I. The van der Waals surface area contributed by atoms with Gasteiger partial charge in [0.25, 0.3) is 0 Å². The molecule has 1 atom stereocenters. The molecule has 1 aromatic carbocycles. The van der Waals surface area contributed by atoms with Gasteiger partial charge in [-0.2, -0.15) is 0 Å². The first-order chi connectivity index (χ1) is 13.1. The average molecular weight is 524 g/mol. The molecule has 3 N–H and O–H groups in total. The van der Waals surface area contributed by atoms with Gasteiger partial charge in [-0.1, -0.05) is 30.3 Å². The topological polar surface area (TPSA) is 91.8 Å². The maximum atomic E-state index is 12.1. The Morgan fingerprint density at radius 3 is 2.68 bits per heavy atom. The fraction of sp³-hybridized carbons (Fsp3) is 0.632. The van der Waals surface area contributed by atoms with Crippen molar-refractivity contribution in [1.29, 1.82) is 0 Å². The Kier molecular flexibility index (Phi) is 12.7. The zero-order valence-corrected chi connectivity index (χ0v) is 19.7. The quantitative estimate of drug-likeness (QED) is 0.247. The summed E-state index contributed by atoms with van der Waals surface area (Å²) in [6.45, 7) is 4.72. The summed E-state index contributed by atoms with van der Waals surface area (Å²) in [5, 5.41) is 6.39. The summed E-state index contributed by atoms with van der Waals surface area (Å²) in [5.74, 6) is 0.605. The molecule has 1 saturated heterocycles. The molecule has 0 saturated carbocycles. The highest BCUT2D eigenvalue weighted by molar-refractivity contribution is 14.0. The van der Waals surface area contributed by atoms with E-state index in [-0.39, 0.29) is 42.4 Å². The number of nitrogens with zero attached hydrogens (tertiary/aromatic N) is 1. The van der Waals surface area contributed by atoms with Crippen molar-refractivity contribution >= 4 is 40.0 Å². The normalized spacial score (nSPS) is 17.6. The number of hydrogen-bond acceptors (Lipinski definition) is 4. The highest BCUT2D eigenvalue weighted by atomic mass is 127. The van der Waals surface area contributed by atoms with E-state index in [1.54, 1.807) is 0 Å². The Balaban J connectivity index is 0.00000392. The van der Waals surface area contributed by atoms with Gasteiger partial charge in [0.15, 0.2) is 5.96 Å². The first-order valence-corrected chi connectivity index (χ1v) is 11.4. The number of aliphatic imine (C=N–C) groups is 1. The minimum atomic E-state index is -3.35. The van der Waals surface area contributed by atoms with Gasteiger partial charge in [-0.25, -0.2) is 13.1 Å². The summed E-state index contributed by atoms with van der Waals surface area (Å²) in [7, 11) is -3.35.